The maximum absolute atomic E-state index is 12.7. The van der Waals surface area contributed by atoms with Crippen LogP contribution in [0.2, 0.25) is 0 Å². The van der Waals surface area contributed by atoms with Crippen LogP contribution in [-0.4, -0.2) is 5.97 Å². The first kappa shape index (κ1) is 41.3. The fourth-order valence-electron chi connectivity index (χ4n) is 11.6. The van der Waals surface area contributed by atoms with Crippen molar-refractivity contribution in [3.63, 3.8) is 0 Å². The SMILES string of the molecule is CC1CCC(c2ccc(OC(=O)C3CCC(C4CCC(C)CC4)CC3)cc2)CC1.Cc1cc(-c2ccc(C3CCC(C)CC3)cc2)ccc1C1CCC(C)CC1. The first-order chi connectivity index (χ1) is 27.2. The molecule has 56 heavy (non-hydrogen) atoms. The van der Waals surface area contributed by atoms with Gasteiger partial charge in [0.1, 0.15) is 5.75 Å². The molecule has 5 aliphatic carbocycles. The molecule has 5 aliphatic rings. The number of esters is 1. The third-order valence-electron chi connectivity index (χ3n) is 15.9. The van der Waals surface area contributed by atoms with Gasteiger partial charge in [0.2, 0.25) is 0 Å². The number of carbonyl (C=O) groups excluding carboxylic acids is 1. The van der Waals surface area contributed by atoms with Gasteiger partial charge in [0.25, 0.3) is 0 Å². The second-order valence-corrected chi connectivity index (χ2v) is 20.2. The molecule has 304 valence electrons. The van der Waals surface area contributed by atoms with Crippen molar-refractivity contribution in [1.82, 2.24) is 0 Å². The highest BCUT2D eigenvalue weighted by Crippen LogP contribution is 2.43. The lowest BCUT2D eigenvalue weighted by Crippen LogP contribution is -2.29. The van der Waals surface area contributed by atoms with Crippen molar-refractivity contribution < 1.29 is 9.53 Å². The molecule has 0 spiro atoms. The highest BCUT2D eigenvalue weighted by atomic mass is 16.5. The molecule has 2 heteroatoms. The Hall–Kier alpha value is -2.87. The van der Waals surface area contributed by atoms with Gasteiger partial charge in [0.05, 0.1) is 5.92 Å². The molecule has 0 bridgehead atoms. The molecule has 3 aromatic carbocycles. The molecule has 0 saturated heterocycles. The molecule has 5 saturated carbocycles. The number of carbonyl (C=O) groups is 1. The van der Waals surface area contributed by atoms with Crippen LogP contribution in [0.25, 0.3) is 11.1 Å². The second-order valence-electron chi connectivity index (χ2n) is 20.2. The Balaban J connectivity index is 0.000000172. The van der Waals surface area contributed by atoms with Crippen molar-refractivity contribution in [3.05, 3.63) is 89.0 Å². The van der Waals surface area contributed by atoms with E-state index >= 15 is 0 Å². The summed E-state index contributed by atoms with van der Waals surface area (Å²) in [5.41, 5.74) is 8.80. The molecule has 0 radical (unpaired) electrons. The minimum Gasteiger partial charge on any atom is -0.426 e. The molecule has 0 N–H and O–H groups in total. The van der Waals surface area contributed by atoms with Crippen LogP contribution in [0.1, 0.15) is 196 Å². The first-order valence-corrected chi connectivity index (χ1v) is 23.7. The normalized spacial score (nSPS) is 32.4. The molecule has 3 aromatic rings. The van der Waals surface area contributed by atoms with E-state index in [9.17, 15) is 4.79 Å². The van der Waals surface area contributed by atoms with E-state index < -0.39 is 0 Å². The van der Waals surface area contributed by atoms with Crippen molar-refractivity contribution in [2.75, 3.05) is 0 Å². The standard InChI is InChI=1S/C27H40O2.C27H36/c1-19-3-7-21(8-4-19)23-11-13-25(14-12-23)27(28)29-26-17-15-24(16-18-26)22-9-5-20(2)6-10-22;1-19-4-8-22(9-5-19)23-12-14-24(15-13-23)26-16-17-27(21(3)18-26)25-10-6-20(2)7-11-25/h15-23,25H,3-14H2,1-2H3;12-20,22,25H,4-11H2,1-3H3. The third-order valence-corrected chi connectivity index (χ3v) is 15.9. The van der Waals surface area contributed by atoms with Crippen LogP contribution < -0.4 is 4.74 Å². The van der Waals surface area contributed by atoms with Gasteiger partial charge in [-0.05, 0) is 183 Å². The highest BCUT2D eigenvalue weighted by Gasteiger charge is 2.33. The van der Waals surface area contributed by atoms with Crippen molar-refractivity contribution in [3.8, 4) is 16.9 Å². The van der Waals surface area contributed by atoms with Gasteiger partial charge in [-0.2, -0.15) is 0 Å². The number of rotatable bonds is 7. The molecule has 0 heterocycles. The molecule has 0 aromatic heterocycles. The minimum absolute atomic E-state index is 0.0000393. The van der Waals surface area contributed by atoms with E-state index in [1.54, 1.807) is 11.1 Å². The summed E-state index contributed by atoms with van der Waals surface area (Å²) >= 11 is 0. The summed E-state index contributed by atoms with van der Waals surface area (Å²) in [6.45, 7) is 11.9. The summed E-state index contributed by atoms with van der Waals surface area (Å²) in [5.74, 6) is 8.51. The highest BCUT2D eigenvalue weighted by molar-refractivity contribution is 5.75. The van der Waals surface area contributed by atoms with Gasteiger partial charge < -0.3 is 4.74 Å². The lowest BCUT2D eigenvalue weighted by Gasteiger charge is -2.36. The monoisotopic (exact) mass is 757 g/mol. The van der Waals surface area contributed by atoms with Crippen LogP contribution in [0.15, 0.2) is 66.7 Å². The van der Waals surface area contributed by atoms with E-state index in [-0.39, 0.29) is 11.9 Å². The second kappa shape index (κ2) is 19.7. The van der Waals surface area contributed by atoms with E-state index in [0.717, 1.165) is 65.9 Å². The predicted octanol–water partition coefficient (Wildman–Crippen LogP) is 15.8. The number of aryl methyl sites for hydroxylation is 1. The van der Waals surface area contributed by atoms with Crippen LogP contribution in [0.4, 0.5) is 0 Å². The largest absolute Gasteiger partial charge is 0.426 e. The summed E-state index contributed by atoms with van der Waals surface area (Å²) in [4.78, 5) is 12.7. The Morgan fingerprint density at radius 2 is 0.839 bits per heavy atom. The van der Waals surface area contributed by atoms with Gasteiger partial charge in [-0.25, -0.2) is 0 Å². The van der Waals surface area contributed by atoms with E-state index in [2.05, 4.69) is 89.2 Å². The van der Waals surface area contributed by atoms with Crippen molar-refractivity contribution >= 4 is 5.97 Å². The maximum Gasteiger partial charge on any atom is 0.314 e. The zero-order valence-corrected chi connectivity index (χ0v) is 36.1. The Labute approximate surface area is 342 Å². The average molecular weight is 757 g/mol. The summed E-state index contributed by atoms with van der Waals surface area (Å²) in [7, 11) is 0. The lowest BCUT2D eigenvalue weighted by molar-refractivity contribution is -0.140. The smallest absolute Gasteiger partial charge is 0.314 e. The number of hydrogen-bond acceptors (Lipinski definition) is 2. The molecule has 0 amide bonds. The molecule has 2 nitrogen and oxygen atoms in total. The van der Waals surface area contributed by atoms with Crippen LogP contribution >= 0.6 is 0 Å². The summed E-state index contributed by atoms with van der Waals surface area (Å²) in [5, 5.41) is 0. The lowest BCUT2D eigenvalue weighted by atomic mass is 9.69. The Bertz CT molecular complexity index is 1630. The molecule has 5 fully saturated rings. The van der Waals surface area contributed by atoms with Gasteiger partial charge in [-0.1, -0.05) is 134 Å². The van der Waals surface area contributed by atoms with Gasteiger partial charge in [0, 0.05) is 0 Å². The Kier molecular flexibility index (Phi) is 14.5. The fourth-order valence-corrected chi connectivity index (χ4v) is 11.6. The number of hydrogen-bond donors (Lipinski definition) is 0. The Morgan fingerprint density at radius 3 is 1.30 bits per heavy atom. The molecular formula is C54H76O2. The quantitative estimate of drug-likeness (QED) is 0.177. The van der Waals surface area contributed by atoms with E-state index in [1.807, 2.05) is 12.1 Å². The van der Waals surface area contributed by atoms with Crippen molar-refractivity contribution in [2.45, 2.75) is 181 Å². The zero-order chi connectivity index (χ0) is 39.0. The zero-order valence-electron chi connectivity index (χ0n) is 36.1. The molecule has 0 atom stereocenters. The van der Waals surface area contributed by atoms with Gasteiger partial charge in [0.15, 0.2) is 0 Å². The van der Waals surface area contributed by atoms with Gasteiger partial charge in [-0.3, -0.25) is 4.79 Å². The van der Waals surface area contributed by atoms with Crippen molar-refractivity contribution in [2.24, 2.45) is 41.4 Å². The Morgan fingerprint density at radius 1 is 0.446 bits per heavy atom. The first-order valence-electron chi connectivity index (χ1n) is 23.7. The van der Waals surface area contributed by atoms with E-state index in [0.29, 0.717) is 5.92 Å². The minimum atomic E-state index is -0.0000393. The molecule has 0 unspecified atom stereocenters. The topological polar surface area (TPSA) is 26.3 Å². The fraction of sp³-hybridized carbons (Fsp3) is 0.648. The summed E-state index contributed by atoms with van der Waals surface area (Å²) < 4.78 is 5.77. The van der Waals surface area contributed by atoms with Crippen LogP contribution in [0.5, 0.6) is 5.75 Å². The van der Waals surface area contributed by atoms with Crippen LogP contribution in [0.3, 0.4) is 0 Å². The number of benzene rings is 3. The van der Waals surface area contributed by atoms with Crippen LogP contribution in [0, 0.1) is 48.3 Å². The van der Waals surface area contributed by atoms with E-state index in [1.165, 1.54) is 138 Å². The maximum atomic E-state index is 12.7. The number of ether oxygens (including phenoxy) is 1. The molecular weight excluding hydrogens is 681 g/mol. The molecule has 0 aliphatic heterocycles. The van der Waals surface area contributed by atoms with Gasteiger partial charge >= 0.3 is 5.97 Å². The van der Waals surface area contributed by atoms with Gasteiger partial charge in [-0.15, -0.1) is 0 Å². The van der Waals surface area contributed by atoms with E-state index in [4.69, 9.17) is 4.74 Å². The molecule has 8 rings (SSSR count). The summed E-state index contributed by atoms with van der Waals surface area (Å²) in [6, 6.07) is 25.1. The summed E-state index contributed by atoms with van der Waals surface area (Å²) in [6.07, 6.45) is 26.4. The predicted molar refractivity (Wildman–Crippen MR) is 236 cm³/mol. The van der Waals surface area contributed by atoms with Crippen LogP contribution in [-0.2, 0) is 4.79 Å². The average Bonchev–Trinajstić information content (AvgIpc) is 3.23. The third kappa shape index (κ3) is 11.0. The van der Waals surface area contributed by atoms with Crippen molar-refractivity contribution in [1.29, 1.82) is 0 Å².